The summed E-state index contributed by atoms with van der Waals surface area (Å²) in [7, 11) is 2.62. The number of nitrogens with zero attached hydrogens (tertiary/aromatic N) is 2. The normalized spacial score (nSPS) is 21.3. The Hall–Kier alpha value is -1.26. The number of nitrogens with two attached hydrogens (primary N) is 1. The van der Waals surface area contributed by atoms with Gasteiger partial charge in [-0.15, -0.1) is 9.24 Å². The van der Waals surface area contributed by atoms with Crippen molar-refractivity contribution in [3.8, 4) is 0 Å². The highest BCUT2D eigenvalue weighted by atomic mass is 31.0. The van der Waals surface area contributed by atoms with Gasteiger partial charge >= 0.3 is 0 Å². The Morgan fingerprint density at radius 3 is 3.06 bits per heavy atom. The number of aromatic nitrogens is 2. The fraction of sp³-hybridized carbons (Fsp3) is 0.545. The Morgan fingerprint density at radius 1 is 1.72 bits per heavy atom. The molecule has 1 aliphatic rings. The van der Waals surface area contributed by atoms with Gasteiger partial charge in [-0.25, -0.2) is 4.98 Å². The molecule has 2 rings (SSSR count). The lowest BCUT2D eigenvalue weighted by Gasteiger charge is -2.17. The molecule has 7 heteroatoms. The van der Waals surface area contributed by atoms with Crippen LogP contribution in [0.3, 0.4) is 0 Å². The summed E-state index contributed by atoms with van der Waals surface area (Å²) in [6, 6.07) is -0.596. The van der Waals surface area contributed by atoms with Crippen LogP contribution in [0.5, 0.6) is 0 Å². The Balaban J connectivity index is 1.86. The molecule has 0 saturated carbocycles. The number of hydrogen-bond acceptors (Lipinski definition) is 4. The molecule has 6 nitrogen and oxygen atoms in total. The molecule has 0 bridgehead atoms. The van der Waals surface area contributed by atoms with Gasteiger partial charge in [-0.3, -0.25) is 9.59 Å². The average molecular weight is 268 g/mol. The van der Waals surface area contributed by atoms with E-state index in [-0.39, 0.29) is 23.9 Å². The molecule has 0 spiro atoms. The lowest BCUT2D eigenvalue weighted by Crippen LogP contribution is -2.41. The number of hydrogen-bond donors (Lipinski definition) is 2. The standard InChI is InChI=1S/C11H17N4O2P/c12-9(1-7-3-13-6-14-7)10(16)5-15-4-8(18)2-11(15)17/h3,6,8-9H,1-2,4-5,12,18H2,(H,13,14)/t8?,9-/m0/s1. The molecule has 2 heterocycles. The second kappa shape index (κ2) is 5.59. The average Bonchev–Trinajstić information content (AvgIpc) is 2.89. The van der Waals surface area contributed by atoms with Gasteiger partial charge in [0.05, 0.1) is 18.9 Å². The van der Waals surface area contributed by atoms with Crippen molar-refractivity contribution in [1.29, 1.82) is 0 Å². The SMILES string of the molecule is N[C@@H](Cc1cnc[nH]1)C(=O)CN1CC(P)CC1=O. The maximum atomic E-state index is 11.9. The van der Waals surface area contributed by atoms with E-state index in [4.69, 9.17) is 5.73 Å². The third kappa shape index (κ3) is 3.15. The molecular formula is C11H17N4O2P. The van der Waals surface area contributed by atoms with Crippen molar-refractivity contribution >= 4 is 20.9 Å². The minimum atomic E-state index is -0.596. The molecule has 0 radical (unpaired) electrons. The van der Waals surface area contributed by atoms with Gasteiger partial charge in [-0.1, -0.05) is 0 Å². The van der Waals surface area contributed by atoms with Crippen LogP contribution in [-0.2, 0) is 16.0 Å². The minimum Gasteiger partial charge on any atom is -0.348 e. The van der Waals surface area contributed by atoms with Gasteiger partial charge in [-0.05, 0) is 0 Å². The lowest BCUT2D eigenvalue weighted by molar-refractivity contribution is -0.132. The number of nitrogens with one attached hydrogen (secondary N) is 1. The van der Waals surface area contributed by atoms with Gasteiger partial charge < -0.3 is 15.6 Å². The number of rotatable bonds is 5. The maximum absolute atomic E-state index is 11.9. The third-order valence-corrected chi connectivity index (χ3v) is 3.45. The second-order valence-electron chi connectivity index (χ2n) is 4.59. The van der Waals surface area contributed by atoms with Crippen molar-refractivity contribution in [2.24, 2.45) is 5.73 Å². The molecule has 3 atom stereocenters. The predicted octanol–water partition coefficient (Wildman–Crippen LogP) is -0.675. The molecule has 1 aromatic rings. The number of carbonyl (C=O) groups is 2. The second-order valence-corrected chi connectivity index (χ2v) is 5.54. The van der Waals surface area contributed by atoms with Crippen molar-refractivity contribution in [1.82, 2.24) is 14.9 Å². The van der Waals surface area contributed by atoms with Crippen LogP contribution in [0.25, 0.3) is 0 Å². The molecule has 1 aromatic heterocycles. The van der Waals surface area contributed by atoms with Crippen LogP contribution >= 0.6 is 9.24 Å². The number of ketones is 1. The van der Waals surface area contributed by atoms with Crippen molar-refractivity contribution in [3.05, 3.63) is 18.2 Å². The summed E-state index contributed by atoms with van der Waals surface area (Å²) in [6.07, 6.45) is 4.11. The number of aromatic amines is 1. The number of amides is 1. The molecule has 2 unspecified atom stereocenters. The van der Waals surface area contributed by atoms with E-state index in [0.29, 0.717) is 19.4 Å². The van der Waals surface area contributed by atoms with Crippen LogP contribution in [0, 0.1) is 0 Å². The van der Waals surface area contributed by atoms with Gasteiger partial charge in [0.15, 0.2) is 5.78 Å². The first-order valence-corrected chi connectivity index (χ1v) is 6.52. The zero-order valence-corrected chi connectivity index (χ0v) is 11.2. The summed E-state index contributed by atoms with van der Waals surface area (Å²) in [4.78, 5) is 31.8. The first kappa shape index (κ1) is 13.2. The number of likely N-dealkylation sites (tertiary alicyclic amines) is 1. The molecule has 1 aliphatic heterocycles. The van der Waals surface area contributed by atoms with Crippen molar-refractivity contribution < 1.29 is 9.59 Å². The van der Waals surface area contributed by atoms with Crippen molar-refractivity contribution in [2.45, 2.75) is 24.5 Å². The van der Waals surface area contributed by atoms with Crippen LogP contribution in [0.15, 0.2) is 12.5 Å². The fourth-order valence-electron chi connectivity index (χ4n) is 2.01. The quantitative estimate of drug-likeness (QED) is 0.692. The maximum Gasteiger partial charge on any atom is 0.223 e. The highest BCUT2D eigenvalue weighted by Crippen LogP contribution is 2.18. The van der Waals surface area contributed by atoms with Crippen molar-refractivity contribution in [3.63, 3.8) is 0 Å². The van der Waals surface area contributed by atoms with Gasteiger partial charge in [0, 0.05) is 36.9 Å². The smallest absolute Gasteiger partial charge is 0.223 e. The van der Waals surface area contributed by atoms with Gasteiger partial charge in [0.1, 0.15) is 0 Å². The molecule has 0 aromatic carbocycles. The topological polar surface area (TPSA) is 92.1 Å². The molecule has 3 N–H and O–H groups in total. The van der Waals surface area contributed by atoms with Crippen LogP contribution in [0.1, 0.15) is 12.1 Å². The molecule has 1 saturated heterocycles. The first-order chi connectivity index (χ1) is 8.56. The summed E-state index contributed by atoms with van der Waals surface area (Å²) in [5.74, 6) is -0.0888. The van der Waals surface area contributed by atoms with E-state index in [9.17, 15) is 9.59 Å². The Bertz CT molecular complexity index is 434. The molecule has 0 aliphatic carbocycles. The first-order valence-electron chi connectivity index (χ1n) is 5.85. The molecule has 1 amide bonds. The van der Waals surface area contributed by atoms with Crippen LogP contribution in [0.4, 0.5) is 0 Å². The monoisotopic (exact) mass is 268 g/mol. The summed E-state index contributed by atoms with van der Waals surface area (Å²) >= 11 is 0. The molecular weight excluding hydrogens is 251 g/mol. The minimum absolute atomic E-state index is 0.0251. The lowest BCUT2D eigenvalue weighted by atomic mass is 10.1. The van der Waals surface area contributed by atoms with Gasteiger partial charge in [0.2, 0.25) is 5.91 Å². The van der Waals surface area contributed by atoms with E-state index in [1.54, 1.807) is 17.4 Å². The number of Topliss-reactive ketones (excluding diaryl/α,β-unsaturated/α-hetero) is 1. The number of carbonyl (C=O) groups excluding carboxylic acids is 2. The van der Waals surface area contributed by atoms with Crippen LogP contribution < -0.4 is 5.73 Å². The Labute approximate surface area is 108 Å². The van der Waals surface area contributed by atoms with Crippen molar-refractivity contribution in [2.75, 3.05) is 13.1 Å². The van der Waals surface area contributed by atoms with Gasteiger partial charge in [0.25, 0.3) is 0 Å². The van der Waals surface area contributed by atoms with Crippen LogP contribution in [0.2, 0.25) is 0 Å². The van der Waals surface area contributed by atoms with E-state index >= 15 is 0 Å². The summed E-state index contributed by atoms with van der Waals surface area (Å²) in [5, 5.41) is 0. The molecule has 98 valence electrons. The number of H-pyrrole nitrogens is 1. The summed E-state index contributed by atoms with van der Waals surface area (Å²) in [6.45, 7) is 0.727. The van der Waals surface area contributed by atoms with Crippen LogP contribution in [-0.4, -0.2) is 51.3 Å². The summed E-state index contributed by atoms with van der Waals surface area (Å²) in [5.41, 5.74) is 6.90. The molecule has 1 fully saturated rings. The summed E-state index contributed by atoms with van der Waals surface area (Å²) < 4.78 is 0. The largest absolute Gasteiger partial charge is 0.348 e. The third-order valence-electron chi connectivity index (χ3n) is 3.00. The van der Waals surface area contributed by atoms with E-state index in [2.05, 4.69) is 19.2 Å². The number of imidazole rings is 1. The zero-order chi connectivity index (χ0) is 13.1. The zero-order valence-electron chi connectivity index (χ0n) is 10.0. The van der Waals surface area contributed by atoms with E-state index in [0.717, 1.165) is 5.69 Å². The highest BCUT2D eigenvalue weighted by molar-refractivity contribution is 7.17. The van der Waals surface area contributed by atoms with E-state index in [1.165, 1.54) is 0 Å². The fourth-order valence-corrected chi connectivity index (χ4v) is 2.46. The van der Waals surface area contributed by atoms with E-state index < -0.39 is 6.04 Å². The van der Waals surface area contributed by atoms with E-state index in [1.807, 2.05) is 0 Å². The Morgan fingerprint density at radius 2 is 2.50 bits per heavy atom. The highest BCUT2D eigenvalue weighted by Gasteiger charge is 2.29. The Kier molecular flexibility index (Phi) is 4.09. The predicted molar refractivity (Wildman–Crippen MR) is 70.0 cm³/mol. The molecule has 18 heavy (non-hydrogen) atoms. The van der Waals surface area contributed by atoms with Gasteiger partial charge in [-0.2, -0.15) is 0 Å².